The van der Waals surface area contributed by atoms with E-state index < -0.39 is 0 Å². The fourth-order valence-corrected chi connectivity index (χ4v) is 2.57. The van der Waals surface area contributed by atoms with E-state index in [1.54, 1.807) is 18.2 Å². The van der Waals surface area contributed by atoms with Gasteiger partial charge in [-0.2, -0.15) is 0 Å². The quantitative estimate of drug-likeness (QED) is 0.633. The molecule has 0 aromatic heterocycles. The summed E-state index contributed by atoms with van der Waals surface area (Å²) in [6.07, 6.45) is 1.39. The predicted molar refractivity (Wildman–Crippen MR) is 107 cm³/mol. The molecule has 1 aliphatic rings. The second kappa shape index (κ2) is 6.72. The number of rotatable bonds is 3. The number of carbonyl (C=O) groups is 1. The predicted octanol–water partition coefficient (Wildman–Crippen LogP) is 2.43. The Hall–Kier alpha value is -3.61. The Morgan fingerprint density at radius 1 is 0.962 bits per heavy atom. The van der Waals surface area contributed by atoms with E-state index in [4.69, 9.17) is 17.2 Å². The monoisotopic (exact) mass is 348 g/mol. The average Bonchev–Trinajstić information content (AvgIpc) is 2.57. The summed E-state index contributed by atoms with van der Waals surface area (Å²) in [5, 5.41) is 3.20. The van der Waals surface area contributed by atoms with E-state index in [0.717, 1.165) is 16.8 Å². The number of nitrogens with one attached hydrogen (secondary N) is 1. The highest BCUT2D eigenvalue weighted by Crippen LogP contribution is 2.25. The number of nitrogens with zero attached hydrogens (tertiary/aromatic N) is 2. The Bertz CT molecular complexity index is 988. The first kappa shape index (κ1) is 17.2. The number of aliphatic imine (C=N–C) groups is 2. The van der Waals surface area contributed by atoms with Crippen LogP contribution in [-0.2, 0) is 4.79 Å². The number of dihydropyridines is 1. The van der Waals surface area contributed by atoms with Crippen LogP contribution < -0.4 is 22.5 Å². The third-order valence-electron chi connectivity index (χ3n) is 3.96. The van der Waals surface area contributed by atoms with Crippen LogP contribution in [0.2, 0.25) is 0 Å². The highest BCUT2D eigenvalue weighted by molar-refractivity contribution is 6.47. The first-order valence-corrected chi connectivity index (χ1v) is 8.02. The van der Waals surface area contributed by atoms with Crippen molar-refractivity contribution < 1.29 is 4.79 Å². The molecule has 0 unspecified atom stereocenters. The van der Waals surface area contributed by atoms with Gasteiger partial charge in [0.1, 0.15) is 0 Å². The van der Waals surface area contributed by atoms with Gasteiger partial charge in [0.05, 0.1) is 11.4 Å². The highest BCUT2D eigenvalue weighted by Gasteiger charge is 2.19. The van der Waals surface area contributed by atoms with Crippen molar-refractivity contribution in [3.63, 3.8) is 0 Å². The minimum absolute atomic E-state index is 0.101. The molecule has 7 N–H and O–H groups in total. The number of hydrogen-bond acceptors (Lipinski definition) is 6. The standard InChI is InChI=1S/C19H20N6O/c1-10-7-12(20)3-5-14(10)23-16-9-17(26)18(22)25-19(16)24-15-6-4-13(21)8-11(15)2/h3-9,23H,20-21H2,1-2H3,(H2,22,24,25). The summed E-state index contributed by atoms with van der Waals surface area (Å²) in [6.45, 7) is 3.82. The summed E-state index contributed by atoms with van der Waals surface area (Å²) in [5.74, 6) is -0.142. The van der Waals surface area contributed by atoms with Crippen LogP contribution >= 0.6 is 0 Å². The van der Waals surface area contributed by atoms with Crippen molar-refractivity contribution in [2.24, 2.45) is 15.7 Å². The molecule has 7 heteroatoms. The van der Waals surface area contributed by atoms with E-state index in [-0.39, 0.29) is 11.6 Å². The van der Waals surface area contributed by atoms with Crippen LogP contribution in [0.4, 0.5) is 22.7 Å². The number of benzene rings is 2. The van der Waals surface area contributed by atoms with Crippen molar-refractivity contribution in [1.29, 1.82) is 0 Å². The second-order valence-electron chi connectivity index (χ2n) is 6.10. The van der Waals surface area contributed by atoms with Crippen molar-refractivity contribution >= 4 is 40.2 Å². The minimum Gasteiger partial charge on any atom is -0.399 e. The lowest BCUT2D eigenvalue weighted by Crippen LogP contribution is -2.30. The van der Waals surface area contributed by atoms with Crippen LogP contribution in [0.3, 0.4) is 0 Å². The van der Waals surface area contributed by atoms with E-state index >= 15 is 0 Å². The number of ketones is 1. The largest absolute Gasteiger partial charge is 0.399 e. The van der Waals surface area contributed by atoms with Crippen LogP contribution in [0.5, 0.6) is 0 Å². The van der Waals surface area contributed by atoms with E-state index in [9.17, 15) is 4.79 Å². The molecule has 0 amide bonds. The molecule has 0 aliphatic carbocycles. The van der Waals surface area contributed by atoms with E-state index in [1.807, 2.05) is 32.0 Å². The molecule has 1 heterocycles. The summed E-state index contributed by atoms with van der Waals surface area (Å²) >= 11 is 0. The highest BCUT2D eigenvalue weighted by atomic mass is 16.1. The van der Waals surface area contributed by atoms with Crippen LogP contribution in [-0.4, -0.2) is 17.5 Å². The zero-order valence-corrected chi connectivity index (χ0v) is 14.6. The number of hydrogen-bond donors (Lipinski definition) is 4. The number of anilines is 3. The maximum atomic E-state index is 12.0. The zero-order valence-electron chi connectivity index (χ0n) is 14.6. The lowest BCUT2D eigenvalue weighted by Gasteiger charge is -2.17. The van der Waals surface area contributed by atoms with Gasteiger partial charge in [-0.05, 0) is 61.4 Å². The van der Waals surface area contributed by atoms with Gasteiger partial charge in [-0.3, -0.25) is 4.79 Å². The summed E-state index contributed by atoms with van der Waals surface area (Å²) in [4.78, 5) is 20.7. The van der Waals surface area contributed by atoms with Gasteiger partial charge in [0.2, 0.25) is 5.78 Å². The van der Waals surface area contributed by atoms with Crippen molar-refractivity contribution in [1.82, 2.24) is 0 Å². The molecule has 0 bridgehead atoms. The molecule has 1 aliphatic heterocycles. The summed E-state index contributed by atoms with van der Waals surface area (Å²) in [7, 11) is 0. The Kier molecular flexibility index (Phi) is 4.45. The first-order valence-electron chi connectivity index (χ1n) is 8.02. The number of nitrogen functional groups attached to an aromatic ring is 2. The maximum Gasteiger partial charge on any atom is 0.222 e. The minimum atomic E-state index is -0.367. The molecule has 3 rings (SSSR count). The SMILES string of the molecule is Cc1cc(N)ccc1N=C1N=C(N)C(=O)C=C1Nc1ccc(N)cc1C. The van der Waals surface area contributed by atoms with Gasteiger partial charge in [0.15, 0.2) is 11.7 Å². The van der Waals surface area contributed by atoms with E-state index in [0.29, 0.717) is 28.6 Å². The molecule has 0 spiro atoms. The summed E-state index contributed by atoms with van der Waals surface area (Å²) in [6, 6.07) is 10.8. The van der Waals surface area contributed by atoms with Crippen LogP contribution in [0.25, 0.3) is 0 Å². The first-order chi connectivity index (χ1) is 12.3. The lowest BCUT2D eigenvalue weighted by molar-refractivity contribution is -0.109. The van der Waals surface area contributed by atoms with Gasteiger partial charge < -0.3 is 22.5 Å². The Balaban J connectivity index is 2.02. The number of amidine groups is 2. The van der Waals surface area contributed by atoms with Gasteiger partial charge in [0.25, 0.3) is 0 Å². The van der Waals surface area contributed by atoms with E-state index in [2.05, 4.69) is 15.3 Å². The molecule has 26 heavy (non-hydrogen) atoms. The molecule has 0 saturated carbocycles. The fourth-order valence-electron chi connectivity index (χ4n) is 2.57. The summed E-state index contributed by atoms with van der Waals surface area (Å²) < 4.78 is 0. The molecule has 0 fully saturated rings. The zero-order chi connectivity index (χ0) is 18.8. The third-order valence-corrected chi connectivity index (χ3v) is 3.96. The van der Waals surface area contributed by atoms with E-state index in [1.165, 1.54) is 6.08 Å². The molecule has 0 atom stereocenters. The van der Waals surface area contributed by atoms with Crippen LogP contribution in [0.1, 0.15) is 11.1 Å². The molecule has 132 valence electrons. The van der Waals surface area contributed by atoms with Crippen molar-refractivity contribution in [2.45, 2.75) is 13.8 Å². The number of aryl methyl sites for hydroxylation is 2. The van der Waals surface area contributed by atoms with Gasteiger partial charge in [-0.25, -0.2) is 9.98 Å². The van der Waals surface area contributed by atoms with Crippen molar-refractivity contribution in [3.8, 4) is 0 Å². The van der Waals surface area contributed by atoms with Gasteiger partial charge >= 0.3 is 0 Å². The molecule has 0 radical (unpaired) electrons. The van der Waals surface area contributed by atoms with Crippen molar-refractivity contribution in [3.05, 3.63) is 59.3 Å². The maximum absolute atomic E-state index is 12.0. The van der Waals surface area contributed by atoms with Crippen LogP contribution in [0, 0.1) is 13.8 Å². The van der Waals surface area contributed by atoms with Gasteiger partial charge in [0, 0.05) is 23.1 Å². The average molecular weight is 348 g/mol. The number of carbonyl (C=O) groups excluding carboxylic acids is 1. The molecule has 0 saturated heterocycles. The second-order valence-corrected chi connectivity index (χ2v) is 6.10. The third kappa shape index (κ3) is 3.56. The van der Waals surface area contributed by atoms with Gasteiger partial charge in [-0.15, -0.1) is 0 Å². The molecule has 2 aromatic rings. The summed E-state index contributed by atoms with van der Waals surface area (Å²) in [5.41, 5.74) is 22.4. The van der Waals surface area contributed by atoms with Gasteiger partial charge in [-0.1, -0.05) is 0 Å². The topological polar surface area (TPSA) is 132 Å². The Labute approximate surface area is 151 Å². The smallest absolute Gasteiger partial charge is 0.222 e. The lowest BCUT2D eigenvalue weighted by atomic mass is 10.1. The molecule has 2 aromatic carbocycles. The van der Waals surface area contributed by atoms with Crippen molar-refractivity contribution in [2.75, 3.05) is 16.8 Å². The molecule has 7 nitrogen and oxygen atoms in total. The number of nitrogens with two attached hydrogens (primary N) is 3. The molecular weight excluding hydrogens is 328 g/mol. The Morgan fingerprint density at radius 3 is 2.27 bits per heavy atom. The molecular formula is C19H20N6O. The normalized spacial score (nSPS) is 15.6. The van der Waals surface area contributed by atoms with Crippen LogP contribution in [0.15, 0.2) is 58.2 Å². The Morgan fingerprint density at radius 2 is 1.62 bits per heavy atom. The fraction of sp³-hybridized carbons (Fsp3) is 0.105.